The van der Waals surface area contributed by atoms with Crippen LogP contribution in [0.4, 0.5) is 10.7 Å². The average Bonchev–Trinajstić information content (AvgIpc) is 3.44. The van der Waals surface area contributed by atoms with Crippen LogP contribution in [-0.2, 0) is 39.2 Å². The molecule has 19 heteroatoms. The largest absolute Gasteiger partial charge is 0.472 e. The van der Waals surface area contributed by atoms with E-state index in [-0.39, 0.29) is 44.4 Å². The van der Waals surface area contributed by atoms with Crippen LogP contribution in [0.25, 0.3) is 11.2 Å². The molecule has 40 heavy (non-hydrogen) atoms. The molecule has 2 aromatic heterocycles. The molecule has 1 saturated heterocycles. The maximum Gasteiger partial charge on any atom is 0.472 e. The van der Waals surface area contributed by atoms with E-state index in [9.17, 15) is 23.9 Å². The Morgan fingerprint density at radius 2 is 2.05 bits per heavy atom. The number of nitrogens with two attached hydrogens (primary N) is 1. The summed E-state index contributed by atoms with van der Waals surface area (Å²) in [6, 6.07) is 0. The number of aryl methyl sites for hydroxylation is 1. The number of nitrogen functional groups attached to an aromatic ring is 1. The lowest BCUT2D eigenvalue weighted by molar-refractivity contribution is -0.739. The molecule has 1 aliphatic heterocycles. The predicted molar refractivity (Wildman–Crippen MR) is 141 cm³/mol. The molecule has 4 atom stereocenters. The Bertz CT molecular complexity index is 1270. The molecule has 2 aromatic rings. The number of aromatic amines is 1. The van der Waals surface area contributed by atoms with Crippen LogP contribution in [0.1, 0.15) is 39.8 Å². The summed E-state index contributed by atoms with van der Waals surface area (Å²) in [5, 5.41) is 0. The first kappa shape index (κ1) is 32.3. The maximum atomic E-state index is 12.5. The number of nitrogens with zero attached hydrogens (tertiary/aromatic N) is 4. The molecule has 1 amide bonds. The lowest BCUT2D eigenvalue weighted by Crippen LogP contribution is -2.40. The molecule has 0 bridgehead atoms. The number of aromatic nitrogens is 4. The van der Waals surface area contributed by atoms with E-state index < -0.39 is 40.5 Å². The summed E-state index contributed by atoms with van der Waals surface area (Å²) in [4.78, 5) is 52.2. The van der Waals surface area contributed by atoms with Crippen LogP contribution in [-0.4, -0.2) is 87.0 Å². The molecule has 5 N–H and O–H groups in total. The van der Waals surface area contributed by atoms with Crippen LogP contribution < -0.4 is 15.9 Å². The van der Waals surface area contributed by atoms with Gasteiger partial charge in [-0.25, -0.2) is 13.9 Å². The topological polar surface area (TPSA) is 214 Å². The van der Waals surface area contributed by atoms with Gasteiger partial charge in [0.15, 0.2) is 12.6 Å². The summed E-state index contributed by atoms with van der Waals surface area (Å²) in [5.74, 6) is -0.0279. The van der Waals surface area contributed by atoms with Gasteiger partial charge < -0.3 is 38.9 Å². The zero-order valence-electron chi connectivity index (χ0n) is 23.0. The number of phosphoric ester groups is 1. The normalized spacial score (nSPS) is 20.0. The zero-order chi connectivity index (χ0) is 29.7. The Kier molecular flexibility index (Phi) is 11.0. The molecule has 0 aromatic carbocycles. The Balaban J connectivity index is 1.51. The lowest BCUT2D eigenvalue weighted by Gasteiger charge is -2.27. The highest BCUT2D eigenvalue weighted by molar-refractivity contribution is 7.47. The summed E-state index contributed by atoms with van der Waals surface area (Å²) in [5.41, 5.74) is 5.22. The molecule has 0 spiro atoms. The minimum absolute atomic E-state index is 0.00707. The van der Waals surface area contributed by atoms with E-state index in [4.69, 9.17) is 28.8 Å². The van der Waals surface area contributed by atoms with Crippen LogP contribution in [0.2, 0.25) is 0 Å². The molecular formula is C21H37N6O11P2+. The van der Waals surface area contributed by atoms with Gasteiger partial charge in [0, 0.05) is 26.6 Å². The Labute approximate surface area is 231 Å². The van der Waals surface area contributed by atoms with Gasteiger partial charge in [-0.1, -0.05) is 4.98 Å². The highest BCUT2D eigenvalue weighted by Gasteiger charge is 2.35. The molecule has 0 saturated carbocycles. The van der Waals surface area contributed by atoms with Gasteiger partial charge in [0.2, 0.25) is 5.52 Å². The van der Waals surface area contributed by atoms with Crippen LogP contribution >= 0.6 is 16.4 Å². The number of imidazole rings is 1. The highest BCUT2D eigenvalue weighted by Crippen LogP contribution is 2.44. The van der Waals surface area contributed by atoms with Crippen molar-refractivity contribution < 1.29 is 51.3 Å². The van der Waals surface area contributed by atoms with Crippen molar-refractivity contribution in [3.63, 3.8) is 0 Å². The minimum Gasteiger partial charge on any atom is -0.444 e. The van der Waals surface area contributed by atoms with Gasteiger partial charge in [-0.2, -0.15) is 0 Å². The standard InChI is InChI=1S/C21H36N6O11P2/c1-21(2,3)38-20(29)26(8-10-34-39(30)33-5)9-11-35-40(31,32)36-12-14-6-7-15(37-14)27-13-25(4)16-17(27)23-19(22)24-18(16)28/h13-15,30H,6-12H2,1-5H3,(H3-,22,23,24,28,31,32)/p+1. The average molecular weight is 612 g/mol. The number of carbonyl (C=O) groups is 1. The molecule has 17 nitrogen and oxygen atoms in total. The number of carbonyl (C=O) groups excluding carboxylic acids is 1. The van der Waals surface area contributed by atoms with E-state index in [0.29, 0.717) is 24.0 Å². The molecule has 0 radical (unpaired) electrons. The summed E-state index contributed by atoms with van der Waals surface area (Å²) < 4.78 is 47.0. The molecule has 3 rings (SSSR count). The Morgan fingerprint density at radius 3 is 2.73 bits per heavy atom. The van der Waals surface area contributed by atoms with Gasteiger partial charge in [-0.3, -0.25) is 23.4 Å². The zero-order valence-corrected chi connectivity index (χ0v) is 24.8. The minimum atomic E-state index is -4.49. The number of anilines is 1. The molecular weight excluding hydrogens is 574 g/mol. The van der Waals surface area contributed by atoms with Crippen molar-refractivity contribution in [3.8, 4) is 0 Å². The predicted octanol–water partition coefficient (Wildman–Crippen LogP) is 1.06. The van der Waals surface area contributed by atoms with Gasteiger partial charge in [0.05, 0.1) is 33.0 Å². The number of phosphoric acid groups is 1. The SMILES string of the molecule is COP(O)OCCN(CCOP(=O)(O)OCC1CCC([n+]2cn(C)c3c(=O)[nH]c(N)nc32)O1)C(=O)OC(C)(C)C. The van der Waals surface area contributed by atoms with Crippen molar-refractivity contribution in [1.82, 2.24) is 19.4 Å². The second-order valence-electron chi connectivity index (χ2n) is 9.87. The lowest BCUT2D eigenvalue weighted by atomic mass is 10.2. The molecule has 4 unspecified atom stereocenters. The first-order chi connectivity index (χ1) is 18.7. The number of hydrogen-bond donors (Lipinski definition) is 4. The van der Waals surface area contributed by atoms with E-state index in [0.717, 1.165) is 0 Å². The van der Waals surface area contributed by atoms with E-state index in [1.807, 2.05) is 0 Å². The van der Waals surface area contributed by atoms with Gasteiger partial charge >= 0.3 is 28.2 Å². The monoisotopic (exact) mass is 611 g/mol. The molecule has 1 fully saturated rings. The van der Waals surface area contributed by atoms with Crippen molar-refractivity contribution in [1.29, 1.82) is 0 Å². The molecule has 0 aliphatic carbocycles. The molecule has 226 valence electrons. The first-order valence-corrected chi connectivity index (χ1v) is 15.0. The Morgan fingerprint density at radius 1 is 1.35 bits per heavy atom. The maximum absolute atomic E-state index is 12.5. The van der Waals surface area contributed by atoms with E-state index in [1.54, 1.807) is 43.3 Å². The van der Waals surface area contributed by atoms with E-state index in [1.165, 1.54) is 12.0 Å². The first-order valence-electron chi connectivity index (χ1n) is 12.4. The fraction of sp³-hybridized carbons (Fsp3) is 0.714. The van der Waals surface area contributed by atoms with Crippen molar-refractivity contribution in [3.05, 3.63) is 16.7 Å². The highest BCUT2D eigenvalue weighted by atomic mass is 31.2. The second kappa shape index (κ2) is 13.6. The van der Waals surface area contributed by atoms with Gasteiger partial charge in [-0.15, -0.1) is 0 Å². The number of rotatable bonds is 13. The van der Waals surface area contributed by atoms with Crippen LogP contribution in [0.15, 0.2) is 11.1 Å². The number of ether oxygens (including phenoxy) is 2. The van der Waals surface area contributed by atoms with E-state index >= 15 is 0 Å². The number of H-pyrrole nitrogens is 1. The number of nitrogens with one attached hydrogen (secondary N) is 1. The fourth-order valence-electron chi connectivity index (χ4n) is 3.88. The van der Waals surface area contributed by atoms with Crippen molar-refractivity contribution >= 4 is 39.6 Å². The smallest absolute Gasteiger partial charge is 0.444 e. The quantitative estimate of drug-likeness (QED) is 0.184. The van der Waals surface area contributed by atoms with E-state index in [2.05, 4.69) is 14.5 Å². The number of fused-ring (bicyclic) bond motifs is 1. The number of amides is 1. The van der Waals surface area contributed by atoms with Crippen LogP contribution in [0.3, 0.4) is 0 Å². The van der Waals surface area contributed by atoms with Gasteiger partial charge in [0.25, 0.3) is 11.5 Å². The fourth-order valence-corrected chi connectivity index (χ4v) is 4.96. The summed E-state index contributed by atoms with van der Waals surface area (Å²) in [7, 11) is -3.60. The van der Waals surface area contributed by atoms with Crippen molar-refractivity contribution in [2.24, 2.45) is 7.05 Å². The summed E-state index contributed by atoms with van der Waals surface area (Å²) in [6.07, 6.45) is 0.998. The van der Waals surface area contributed by atoms with Crippen LogP contribution in [0, 0.1) is 0 Å². The number of hydrogen-bond acceptors (Lipinski definition) is 12. The van der Waals surface area contributed by atoms with Crippen LogP contribution in [0.5, 0.6) is 0 Å². The van der Waals surface area contributed by atoms with Crippen molar-refractivity contribution in [2.75, 3.05) is 45.8 Å². The van der Waals surface area contributed by atoms with Gasteiger partial charge in [-0.05, 0) is 27.2 Å². The molecule has 3 heterocycles. The Hall–Kier alpha value is -2.20. The summed E-state index contributed by atoms with van der Waals surface area (Å²) in [6.45, 7) is 4.36. The third-order valence-corrected chi connectivity index (χ3v) is 7.30. The third kappa shape index (κ3) is 9.16. The van der Waals surface area contributed by atoms with Gasteiger partial charge in [0.1, 0.15) is 5.60 Å². The second-order valence-corrected chi connectivity index (χ2v) is 12.4. The third-order valence-electron chi connectivity index (χ3n) is 5.60. The summed E-state index contributed by atoms with van der Waals surface area (Å²) >= 11 is 0. The van der Waals surface area contributed by atoms with Crippen molar-refractivity contribution in [2.45, 2.75) is 51.5 Å². The molecule has 1 aliphatic rings.